The minimum absolute atomic E-state index is 0.240. The highest BCUT2D eigenvalue weighted by Gasteiger charge is 2.07. The Balaban J connectivity index is 1.83. The highest BCUT2D eigenvalue weighted by Crippen LogP contribution is 2.12. The lowest BCUT2D eigenvalue weighted by Gasteiger charge is -2.07. The van der Waals surface area contributed by atoms with E-state index in [0.29, 0.717) is 24.6 Å². The zero-order valence-corrected chi connectivity index (χ0v) is 13.1. The zero-order valence-electron chi connectivity index (χ0n) is 13.1. The summed E-state index contributed by atoms with van der Waals surface area (Å²) in [6.07, 6.45) is 5.42. The molecule has 2 N–H and O–H groups in total. The van der Waals surface area contributed by atoms with E-state index in [1.165, 1.54) is 12.4 Å². The van der Waals surface area contributed by atoms with Crippen LogP contribution in [0.15, 0.2) is 49.3 Å². The van der Waals surface area contributed by atoms with Crippen LogP contribution in [0.5, 0.6) is 5.75 Å². The summed E-state index contributed by atoms with van der Waals surface area (Å²) >= 11 is 0. The van der Waals surface area contributed by atoms with Gasteiger partial charge in [-0.2, -0.15) is 0 Å². The van der Waals surface area contributed by atoms with Crippen molar-refractivity contribution in [3.63, 3.8) is 0 Å². The molecule has 2 aromatic rings. The van der Waals surface area contributed by atoms with Gasteiger partial charge in [0, 0.05) is 13.1 Å². The Morgan fingerprint density at radius 1 is 1.35 bits per heavy atom. The van der Waals surface area contributed by atoms with E-state index >= 15 is 0 Å². The minimum atomic E-state index is -0.240. The molecule has 1 aromatic carbocycles. The smallest absolute Gasteiger partial charge is 0.271 e. The van der Waals surface area contributed by atoms with Crippen LogP contribution >= 0.6 is 0 Å². The molecule has 2 rings (SSSR count). The Kier molecular flexibility index (Phi) is 6.11. The molecule has 1 heterocycles. The van der Waals surface area contributed by atoms with Gasteiger partial charge in [0.15, 0.2) is 0 Å². The van der Waals surface area contributed by atoms with Crippen molar-refractivity contribution >= 4 is 11.7 Å². The summed E-state index contributed by atoms with van der Waals surface area (Å²) in [7, 11) is 1.63. The molecule has 0 bridgehead atoms. The van der Waals surface area contributed by atoms with Crippen molar-refractivity contribution in [2.75, 3.05) is 25.5 Å². The number of aromatic nitrogens is 2. The van der Waals surface area contributed by atoms with Crippen LogP contribution in [0.25, 0.3) is 0 Å². The molecule has 0 saturated heterocycles. The summed E-state index contributed by atoms with van der Waals surface area (Å²) in [6, 6.07) is 7.76. The molecular weight excluding hydrogens is 292 g/mol. The van der Waals surface area contributed by atoms with Crippen molar-refractivity contribution in [2.24, 2.45) is 0 Å². The van der Waals surface area contributed by atoms with Crippen molar-refractivity contribution in [1.82, 2.24) is 15.3 Å². The second-order valence-corrected chi connectivity index (χ2v) is 4.81. The third-order valence-corrected chi connectivity index (χ3v) is 3.15. The molecule has 0 saturated carbocycles. The number of carbonyl (C=O) groups is 1. The number of anilines is 1. The maximum absolute atomic E-state index is 12.0. The first-order valence-electron chi connectivity index (χ1n) is 7.31. The van der Waals surface area contributed by atoms with Gasteiger partial charge in [0.05, 0.1) is 19.5 Å². The van der Waals surface area contributed by atoms with Crippen molar-refractivity contribution in [2.45, 2.75) is 6.42 Å². The molecular formula is C17H20N4O2. The fraction of sp³-hybridized carbons (Fsp3) is 0.235. The maximum atomic E-state index is 12.0. The number of carbonyl (C=O) groups excluding carboxylic acids is 1. The number of hydrogen-bond donors (Lipinski definition) is 2. The van der Waals surface area contributed by atoms with E-state index in [1.54, 1.807) is 13.2 Å². The molecule has 120 valence electrons. The Labute approximate surface area is 135 Å². The molecule has 0 aliphatic heterocycles. The van der Waals surface area contributed by atoms with Gasteiger partial charge < -0.3 is 15.4 Å². The molecule has 0 spiro atoms. The van der Waals surface area contributed by atoms with Gasteiger partial charge in [0.25, 0.3) is 5.91 Å². The summed E-state index contributed by atoms with van der Waals surface area (Å²) in [4.78, 5) is 20.2. The molecule has 0 unspecified atom stereocenters. The molecule has 23 heavy (non-hydrogen) atoms. The summed E-state index contributed by atoms with van der Waals surface area (Å²) in [5.74, 6) is 1.18. The number of amides is 1. The van der Waals surface area contributed by atoms with Crippen LogP contribution < -0.4 is 15.4 Å². The van der Waals surface area contributed by atoms with Gasteiger partial charge in [0.2, 0.25) is 0 Å². The second-order valence-electron chi connectivity index (χ2n) is 4.81. The van der Waals surface area contributed by atoms with Crippen molar-refractivity contribution in [3.05, 3.63) is 60.6 Å². The van der Waals surface area contributed by atoms with Gasteiger partial charge in [-0.1, -0.05) is 18.2 Å². The van der Waals surface area contributed by atoms with E-state index < -0.39 is 0 Å². The topological polar surface area (TPSA) is 76.1 Å². The lowest BCUT2D eigenvalue weighted by Crippen LogP contribution is -2.26. The van der Waals surface area contributed by atoms with Crippen molar-refractivity contribution in [1.29, 1.82) is 0 Å². The fourth-order valence-corrected chi connectivity index (χ4v) is 1.95. The maximum Gasteiger partial charge on any atom is 0.271 e. The molecule has 6 nitrogen and oxygen atoms in total. The third kappa shape index (κ3) is 5.10. The van der Waals surface area contributed by atoms with Gasteiger partial charge in [0.1, 0.15) is 17.3 Å². The normalized spacial score (nSPS) is 9.96. The zero-order chi connectivity index (χ0) is 16.5. The predicted octanol–water partition coefficient (Wildman–Crippen LogP) is 2.06. The Morgan fingerprint density at radius 3 is 2.91 bits per heavy atom. The summed E-state index contributed by atoms with van der Waals surface area (Å²) in [6.45, 7) is 4.72. The third-order valence-electron chi connectivity index (χ3n) is 3.15. The van der Waals surface area contributed by atoms with Gasteiger partial charge in [-0.05, 0) is 24.1 Å². The number of rotatable bonds is 8. The highest BCUT2D eigenvalue weighted by atomic mass is 16.5. The van der Waals surface area contributed by atoms with Crippen molar-refractivity contribution < 1.29 is 9.53 Å². The van der Waals surface area contributed by atoms with E-state index in [4.69, 9.17) is 4.74 Å². The van der Waals surface area contributed by atoms with Crippen LogP contribution in [0.1, 0.15) is 16.1 Å². The highest BCUT2D eigenvalue weighted by molar-refractivity contribution is 5.91. The lowest BCUT2D eigenvalue weighted by atomic mass is 10.1. The molecule has 1 amide bonds. The number of hydrogen-bond acceptors (Lipinski definition) is 5. The molecule has 0 aliphatic carbocycles. The van der Waals surface area contributed by atoms with E-state index in [1.807, 2.05) is 24.3 Å². The average molecular weight is 312 g/mol. The summed E-state index contributed by atoms with van der Waals surface area (Å²) in [5.41, 5.74) is 1.39. The second kappa shape index (κ2) is 8.53. The van der Waals surface area contributed by atoms with E-state index in [0.717, 1.165) is 17.7 Å². The first-order valence-corrected chi connectivity index (χ1v) is 7.31. The standard InChI is InChI=1S/C17H20N4O2/c1-3-8-18-16-12-20-15(11-21-16)17(22)19-9-7-13-5-4-6-14(10-13)23-2/h3-6,10-12H,1,7-9H2,2H3,(H,18,21)(H,19,22). The van der Waals surface area contributed by atoms with E-state index in [9.17, 15) is 4.79 Å². The lowest BCUT2D eigenvalue weighted by molar-refractivity contribution is 0.0949. The molecule has 1 aromatic heterocycles. The Hall–Kier alpha value is -2.89. The summed E-state index contributed by atoms with van der Waals surface area (Å²) < 4.78 is 5.17. The van der Waals surface area contributed by atoms with Gasteiger partial charge in [-0.25, -0.2) is 9.97 Å². The molecule has 0 aliphatic rings. The van der Waals surface area contributed by atoms with Crippen molar-refractivity contribution in [3.8, 4) is 5.75 Å². The van der Waals surface area contributed by atoms with Crippen LogP contribution in [-0.4, -0.2) is 36.1 Å². The number of methoxy groups -OCH3 is 1. The summed E-state index contributed by atoms with van der Waals surface area (Å²) in [5, 5.41) is 5.83. The van der Waals surface area contributed by atoms with Crippen LogP contribution in [0, 0.1) is 0 Å². The van der Waals surface area contributed by atoms with E-state index in [2.05, 4.69) is 27.2 Å². The predicted molar refractivity (Wildman–Crippen MR) is 89.7 cm³/mol. The van der Waals surface area contributed by atoms with Crippen LogP contribution in [-0.2, 0) is 6.42 Å². The fourth-order valence-electron chi connectivity index (χ4n) is 1.95. The molecule has 6 heteroatoms. The van der Waals surface area contributed by atoms with Gasteiger partial charge in [-0.15, -0.1) is 6.58 Å². The Bertz CT molecular complexity index is 656. The number of ether oxygens (including phenoxy) is 1. The van der Waals surface area contributed by atoms with Crippen LogP contribution in [0.3, 0.4) is 0 Å². The number of nitrogens with zero attached hydrogens (tertiary/aromatic N) is 2. The van der Waals surface area contributed by atoms with Crippen LogP contribution in [0.4, 0.5) is 5.82 Å². The Morgan fingerprint density at radius 2 is 2.22 bits per heavy atom. The van der Waals surface area contributed by atoms with Gasteiger partial charge in [-0.3, -0.25) is 4.79 Å². The monoisotopic (exact) mass is 312 g/mol. The minimum Gasteiger partial charge on any atom is -0.497 e. The SMILES string of the molecule is C=CCNc1cnc(C(=O)NCCc2cccc(OC)c2)cn1. The quantitative estimate of drug-likeness (QED) is 0.730. The first-order chi connectivity index (χ1) is 11.2. The molecule has 0 fully saturated rings. The number of nitrogens with one attached hydrogen (secondary N) is 2. The van der Waals surface area contributed by atoms with Gasteiger partial charge >= 0.3 is 0 Å². The molecule has 0 atom stereocenters. The van der Waals surface area contributed by atoms with E-state index in [-0.39, 0.29) is 5.91 Å². The molecule has 0 radical (unpaired) electrons. The first kappa shape index (κ1) is 16.5. The average Bonchev–Trinajstić information content (AvgIpc) is 2.60. The van der Waals surface area contributed by atoms with Crippen LogP contribution in [0.2, 0.25) is 0 Å². The number of benzene rings is 1. The largest absolute Gasteiger partial charge is 0.497 e.